The number of aliphatic carboxylic acids is 2. The third-order valence-electron chi connectivity index (χ3n) is 7.67. The van der Waals surface area contributed by atoms with Crippen LogP contribution in [0.1, 0.15) is 44.9 Å². The van der Waals surface area contributed by atoms with Crippen molar-refractivity contribution in [3.05, 3.63) is 108 Å². The van der Waals surface area contributed by atoms with Crippen molar-refractivity contribution < 1.29 is 52.1 Å². The smallest absolute Gasteiger partial charge is 0.408 e. The predicted molar refractivity (Wildman–Crippen MR) is 194 cm³/mol. The Balaban J connectivity index is 1.83. The number of hydrogen-bond acceptors (Lipinski definition) is 10. The lowest BCUT2D eigenvalue weighted by Crippen LogP contribution is -2.60. The number of alkyl carbamates (subject to hydrolysis) is 1. The van der Waals surface area contributed by atoms with Gasteiger partial charge >= 0.3 is 18.0 Å². The molecule has 17 heteroatoms. The largest absolute Gasteiger partial charge is 0.481 e. The molecule has 2 aromatic carbocycles. The highest BCUT2D eigenvalue weighted by atomic mass is 32.2. The van der Waals surface area contributed by atoms with Crippen molar-refractivity contribution in [3.63, 3.8) is 0 Å². The van der Waals surface area contributed by atoms with Crippen molar-refractivity contribution in [2.24, 2.45) is 5.41 Å². The molecule has 4 unspecified atom stereocenters. The summed E-state index contributed by atoms with van der Waals surface area (Å²) in [7, 11) is -4.00. The number of aromatic nitrogens is 1. The second-order valence-corrected chi connectivity index (χ2v) is 15.0. The molecule has 4 atom stereocenters. The molecule has 0 radical (unpaired) electrons. The Morgan fingerprint density at radius 2 is 1.33 bits per heavy atom. The van der Waals surface area contributed by atoms with E-state index in [9.17, 15) is 47.4 Å². The molecule has 1 aromatic heterocycles. The molecule has 6 N–H and O–H groups in total. The van der Waals surface area contributed by atoms with E-state index >= 15 is 0 Å². The van der Waals surface area contributed by atoms with E-state index in [4.69, 9.17) is 4.74 Å². The van der Waals surface area contributed by atoms with Crippen molar-refractivity contribution in [2.45, 2.75) is 75.7 Å². The number of nitrogens with one attached hydrogen (secondary N) is 4. The Hall–Kier alpha value is -6.10. The van der Waals surface area contributed by atoms with Crippen molar-refractivity contribution in [1.29, 1.82) is 0 Å². The van der Waals surface area contributed by atoms with Crippen LogP contribution in [0.2, 0.25) is 0 Å². The monoisotopic (exact) mass is 765 g/mol. The number of ether oxygens (including phenoxy) is 1. The lowest BCUT2D eigenvalue weighted by molar-refractivity contribution is -0.140. The summed E-state index contributed by atoms with van der Waals surface area (Å²) in [4.78, 5) is 81.1. The second kappa shape index (κ2) is 19.7. The first-order valence-corrected chi connectivity index (χ1v) is 18.2. The number of carboxylic acid groups (broad SMARTS) is 2. The van der Waals surface area contributed by atoms with Gasteiger partial charge in [-0.05, 0) is 41.3 Å². The van der Waals surface area contributed by atoms with Crippen LogP contribution < -0.4 is 21.3 Å². The summed E-state index contributed by atoms with van der Waals surface area (Å²) in [5.74, 6) is -5.59. The van der Waals surface area contributed by atoms with Crippen LogP contribution >= 0.6 is 0 Å². The fraction of sp³-hybridized carbons (Fsp3) is 0.324. The van der Waals surface area contributed by atoms with Crippen LogP contribution in [-0.2, 0) is 51.6 Å². The van der Waals surface area contributed by atoms with E-state index in [-0.39, 0.29) is 17.9 Å². The number of sulfone groups is 1. The van der Waals surface area contributed by atoms with E-state index < -0.39 is 88.0 Å². The summed E-state index contributed by atoms with van der Waals surface area (Å²) in [6, 6.07) is 15.0. The normalized spacial score (nSPS) is 13.8. The maximum absolute atomic E-state index is 13.9. The number of amides is 4. The van der Waals surface area contributed by atoms with Gasteiger partial charge in [0.25, 0.3) is 0 Å². The molecule has 0 aliphatic carbocycles. The molecule has 0 aliphatic rings. The van der Waals surface area contributed by atoms with Crippen LogP contribution in [-0.4, -0.2) is 83.5 Å². The van der Waals surface area contributed by atoms with Gasteiger partial charge in [0.15, 0.2) is 9.84 Å². The Bertz CT molecular complexity index is 1900. The number of carboxylic acids is 2. The Morgan fingerprint density at radius 3 is 1.91 bits per heavy atom. The maximum Gasteiger partial charge on any atom is 0.408 e. The van der Waals surface area contributed by atoms with Crippen LogP contribution in [0, 0.1) is 5.41 Å². The molecular weight excluding hydrogens is 722 g/mol. The molecule has 54 heavy (non-hydrogen) atoms. The first-order chi connectivity index (χ1) is 25.4. The average molecular weight is 766 g/mol. The third-order valence-corrected chi connectivity index (χ3v) is 9.12. The molecule has 16 nitrogen and oxygen atoms in total. The molecule has 0 fully saturated rings. The standard InChI is InChI=1S/C37H43N5O11S/c1-37(2,3)32(35(49)39-26(21-30(43)44)17-19-54(51,52)27-15-8-5-9-16-27)42-34(48)28(20-25-14-10-11-18-38-25)40-33(47)29(22-31(45)46)41-36(50)53-23-24-12-6-4-7-13-24/h4-19,26,28-29,32H,20-23H2,1-3H3,(H,39,49)(H,40,47)(H,41,50)(H,42,48)(H,43,44)(H,45,46). The van der Waals surface area contributed by atoms with Crippen molar-refractivity contribution in [3.8, 4) is 0 Å². The number of nitrogens with zero attached hydrogens (tertiary/aromatic N) is 1. The molecule has 0 aliphatic heterocycles. The zero-order valence-electron chi connectivity index (χ0n) is 29.8. The van der Waals surface area contributed by atoms with Crippen LogP contribution in [0.3, 0.4) is 0 Å². The second-order valence-electron chi connectivity index (χ2n) is 13.2. The van der Waals surface area contributed by atoms with Gasteiger partial charge in [0.2, 0.25) is 17.7 Å². The van der Waals surface area contributed by atoms with Gasteiger partial charge in [-0.1, -0.05) is 75.4 Å². The summed E-state index contributed by atoms with van der Waals surface area (Å²) >= 11 is 0. The molecule has 4 amide bonds. The lowest BCUT2D eigenvalue weighted by atomic mass is 9.85. The third kappa shape index (κ3) is 14.1. The highest BCUT2D eigenvalue weighted by Crippen LogP contribution is 2.21. The van der Waals surface area contributed by atoms with Crippen molar-refractivity contribution >= 4 is 45.6 Å². The van der Waals surface area contributed by atoms with Crippen LogP contribution in [0.25, 0.3) is 0 Å². The number of pyridine rings is 1. The van der Waals surface area contributed by atoms with E-state index in [1.807, 2.05) is 0 Å². The van der Waals surface area contributed by atoms with Crippen LogP contribution in [0.5, 0.6) is 0 Å². The topological polar surface area (TPSA) is 247 Å². The van der Waals surface area contributed by atoms with Gasteiger partial charge in [0, 0.05) is 23.7 Å². The van der Waals surface area contributed by atoms with Gasteiger partial charge in [-0.2, -0.15) is 0 Å². The Kier molecular flexibility index (Phi) is 15.4. The average Bonchev–Trinajstić information content (AvgIpc) is 3.11. The summed E-state index contributed by atoms with van der Waals surface area (Å²) < 4.78 is 30.8. The minimum Gasteiger partial charge on any atom is -0.481 e. The van der Waals surface area contributed by atoms with Gasteiger partial charge in [-0.15, -0.1) is 0 Å². The van der Waals surface area contributed by atoms with Crippen molar-refractivity contribution in [1.82, 2.24) is 26.3 Å². The summed E-state index contributed by atoms with van der Waals surface area (Å²) in [6.45, 7) is 4.67. The number of carbonyl (C=O) groups is 6. The maximum atomic E-state index is 13.9. The molecule has 0 spiro atoms. The minimum atomic E-state index is -4.00. The zero-order valence-corrected chi connectivity index (χ0v) is 30.6. The zero-order chi connectivity index (χ0) is 39.9. The fourth-order valence-corrected chi connectivity index (χ4v) is 6.02. The molecule has 3 aromatic rings. The van der Waals surface area contributed by atoms with E-state index in [0.29, 0.717) is 11.3 Å². The fourth-order valence-electron chi connectivity index (χ4n) is 4.93. The van der Waals surface area contributed by atoms with Crippen LogP contribution in [0.15, 0.2) is 101 Å². The number of benzene rings is 2. The summed E-state index contributed by atoms with van der Waals surface area (Å²) in [5.41, 5.74) is -0.0482. The molecule has 0 bridgehead atoms. The Morgan fingerprint density at radius 1 is 0.741 bits per heavy atom. The molecule has 0 saturated carbocycles. The van der Waals surface area contributed by atoms with Crippen molar-refractivity contribution in [2.75, 3.05) is 0 Å². The van der Waals surface area contributed by atoms with E-state index in [2.05, 4.69) is 26.3 Å². The lowest BCUT2D eigenvalue weighted by Gasteiger charge is -2.33. The number of rotatable bonds is 18. The van der Waals surface area contributed by atoms with Crippen LogP contribution in [0.4, 0.5) is 4.79 Å². The molecule has 1 heterocycles. The summed E-state index contributed by atoms with van der Waals surface area (Å²) in [5, 5.41) is 29.5. The molecule has 3 rings (SSSR count). The van der Waals surface area contributed by atoms with E-state index in [1.165, 1.54) is 30.5 Å². The molecule has 0 saturated heterocycles. The first kappa shape index (κ1) is 42.3. The summed E-state index contributed by atoms with van der Waals surface area (Å²) in [6.07, 6.45) is -0.394. The highest BCUT2D eigenvalue weighted by molar-refractivity contribution is 7.94. The Labute approximate surface area is 312 Å². The van der Waals surface area contributed by atoms with Gasteiger partial charge in [-0.3, -0.25) is 29.0 Å². The van der Waals surface area contributed by atoms with Gasteiger partial charge in [0.1, 0.15) is 24.7 Å². The van der Waals surface area contributed by atoms with Gasteiger partial charge in [-0.25, -0.2) is 13.2 Å². The minimum absolute atomic E-state index is 0.0488. The highest BCUT2D eigenvalue weighted by Gasteiger charge is 2.37. The van der Waals surface area contributed by atoms with E-state index in [1.54, 1.807) is 75.4 Å². The number of carbonyl (C=O) groups excluding carboxylic acids is 4. The SMILES string of the molecule is CC(C)(C)C(NC(=O)C(Cc1ccccn1)NC(=O)C(CC(=O)O)NC(=O)OCc1ccccc1)C(=O)NC(C=CS(=O)(=O)c1ccccc1)CC(=O)O. The molecule has 288 valence electrons. The molecular formula is C37H43N5O11S. The van der Waals surface area contributed by atoms with Gasteiger partial charge < -0.3 is 36.2 Å². The number of hydrogen-bond donors (Lipinski definition) is 6. The first-order valence-electron chi connectivity index (χ1n) is 16.6. The van der Waals surface area contributed by atoms with E-state index in [0.717, 1.165) is 11.5 Å². The quantitative estimate of drug-likeness (QED) is 0.109. The predicted octanol–water partition coefficient (Wildman–Crippen LogP) is 2.36. The van der Waals surface area contributed by atoms with Gasteiger partial charge in [0.05, 0.1) is 23.8 Å².